The molecule has 0 N–H and O–H groups in total. The third-order valence-electron chi connectivity index (χ3n) is 2.91. The van der Waals surface area contributed by atoms with Crippen LogP contribution in [0.15, 0.2) is 41.3 Å². The van der Waals surface area contributed by atoms with E-state index in [1.54, 1.807) is 0 Å². The predicted octanol–water partition coefficient (Wildman–Crippen LogP) is 5.47. The van der Waals surface area contributed by atoms with E-state index < -0.39 is 0 Å². The van der Waals surface area contributed by atoms with Crippen LogP contribution in [0.1, 0.15) is 12.5 Å². The molecule has 86 valence electrons. The van der Waals surface area contributed by atoms with Crippen LogP contribution < -0.4 is 0 Å². The average Bonchev–Trinajstić information content (AvgIpc) is 2.65. The molecule has 17 heavy (non-hydrogen) atoms. The van der Waals surface area contributed by atoms with Gasteiger partial charge in [0, 0.05) is 25.1 Å². The van der Waals surface area contributed by atoms with Gasteiger partial charge in [0.2, 0.25) is 0 Å². The highest BCUT2D eigenvalue weighted by atomic mass is 32.2. The molecule has 0 radical (unpaired) electrons. The molecule has 0 aliphatic carbocycles. The summed E-state index contributed by atoms with van der Waals surface area (Å²) in [5, 5.41) is 2.79. The third kappa shape index (κ3) is 1.96. The Balaban J connectivity index is 2.27. The Morgan fingerprint density at radius 2 is 1.71 bits per heavy atom. The van der Waals surface area contributed by atoms with Gasteiger partial charge in [0.25, 0.3) is 0 Å². The molecule has 0 saturated heterocycles. The molecule has 0 unspecified atom stereocenters. The second-order valence-electron chi connectivity index (χ2n) is 4.19. The maximum absolute atomic E-state index is 2.32. The molecule has 0 nitrogen and oxygen atoms in total. The highest BCUT2D eigenvalue weighted by Crippen LogP contribution is 2.36. The standard InChI is InChI=1S/C15H14S2/c1-3-16-11-5-7-13-12-6-4-10(2)8-14(12)17-15(13)9-11/h4-9H,3H2,1-2H3. The van der Waals surface area contributed by atoms with E-state index in [-0.39, 0.29) is 0 Å². The van der Waals surface area contributed by atoms with Gasteiger partial charge in [-0.05, 0) is 36.4 Å². The molecule has 1 aromatic heterocycles. The van der Waals surface area contributed by atoms with Gasteiger partial charge in [-0.1, -0.05) is 25.1 Å². The van der Waals surface area contributed by atoms with Crippen molar-refractivity contribution in [1.82, 2.24) is 0 Å². The number of benzene rings is 2. The average molecular weight is 258 g/mol. The monoisotopic (exact) mass is 258 g/mol. The van der Waals surface area contributed by atoms with Gasteiger partial charge in [-0.25, -0.2) is 0 Å². The van der Waals surface area contributed by atoms with Crippen LogP contribution in [0.5, 0.6) is 0 Å². The summed E-state index contributed by atoms with van der Waals surface area (Å²) in [7, 11) is 0. The van der Waals surface area contributed by atoms with E-state index in [0.717, 1.165) is 5.75 Å². The van der Waals surface area contributed by atoms with Gasteiger partial charge in [-0.2, -0.15) is 0 Å². The van der Waals surface area contributed by atoms with Crippen molar-refractivity contribution in [2.45, 2.75) is 18.7 Å². The Morgan fingerprint density at radius 3 is 2.47 bits per heavy atom. The maximum atomic E-state index is 2.32. The highest BCUT2D eigenvalue weighted by molar-refractivity contribution is 7.99. The number of hydrogen-bond acceptors (Lipinski definition) is 2. The van der Waals surface area contributed by atoms with Crippen molar-refractivity contribution in [2.75, 3.05) is 5.75 Å². The van der Waals surface area contributed by atoms with Crippen molar-refractivity contribution in [3.63, 3.8) is 0 Å². The van der Waals surface area contributed by atoms with E-state index in [1.165, 1.54) is 30.6 Å². The van der Waals surface area contributed by atoms with Crippen LogP contribution in [0.3, 0.4) is 0 Å². The number of hydrogen-bond donors (Lipinski definition) is 0. The second-order valence-corrected chi connectivity index (χ2v) is 6.61. The normalized spacial score (nSPS) is 11.4. The minimum absolute atomic E-state index is 1.13. The van der Waals surface area contributed by atoms with E-state index in [2.05, 4.69) is 50.2 Å². The molecule has 0 atom stereocenters. The molecule has 3 aromatic rings. The summed E-state index contributed by atoms with van der Waals surface area (Å²) in [4.78, 5) is 1.38. The summed E-state index contributed by atoms with van der Waals surface area (Å²) >= 11 is 3.81. The van der Waals surface area contributed by atoms with Crippen LogP contribution in [-0.2, 0) is 0 Å². The van der Waals surface area contributed by atoms with E-state index in [4.69, 9.17) is 0 Å². The number of aryl methyl sites for hydroxylation is 1. The first kappa shape index (κ1) is 11.1. The number of rotatable bonds is 2. The highest BCUT2D eigenvalue weighted by Gasteiger charge is 2.05. The smallest absolute Gasteiger partial charge is 0.0366 e. The van der Waals surface area contributed by atoms with Crippen molar-refractivity contribution in [3.05, 3.63) is 42.0 Å². The summed E-state index contributed by atoms with van der Waals surface area (Å²) in [5.74, 6) is 1.13. The van der Waals surface area contributed by atoms with Crippen molar-refractivity contribution in [2.24, 2.45) is 0 Å². The van der Waals surface area contributed by atoms with Crippen LogP contribution in [-0.4, -0.2) is 5.75 Å². The summed E-state index contributed by atoms with van der Waals surface area (Å²) in [6.45, 7) is 4.35. The van der Waals surface area contributed by atoms with Gasteiger partial charge < -0.3 is 0 Å². The van der Waals surface area contributed by atoms with Crippen molar-refractivity contribution >= 4 is 43.3 Å². The molecule has 2 aromatic carbocycles. The van der Waals surface area contributed by atoms with Gasteiger partial charge in [-0.3, -0.25) is 0 Å². The third-order valence-corrected chi connectivity index (χ3v) is 4.90. The van der Waals surface area contributed by atoms with Crippen LogP contribution in [0.4, 0.5) is 0 Å². The Labute approximate surface area is 110 Å². The predicted molar refractivity (Wildman–Crippen MR) is 80.5 cm³/mol. The van der Waals surface area contributed by atoms with E-state index in [1.807, 2.05) is 23.1 Å². The molecule has 0 spiro atoms. The lowest BCUT2D eigenvalue weighted by Gasteiger charge is -1.98. The number of fused-ring (bicyclic) bond motifs is 3. The molecular formula is C15H14S2. The Hall–Kier alpha value is -0.990. The molecule has 0 aliphatic rings. The fourth-order valence-corrected chi connectivity index (χ4v) is 4.14. The van der Waals surface area contributed by atoms with Gasteiger partial charge in [0.1, 0.15) is 0 Å². The molecule has 2 heteroatoms. The van der Waals surface area contributed by atoms with Crippen LogP contribution in [0.2, 0.25) is 0 Å². The summed E-state index contributed by atoms with van der Waals surface area (Å²) in [6, 6.07) is 13.6. The minimum atomic E-state index is 1.13. The lowest BCUT2D eigenvalue weighted by atomic mass is 10.1. The van der Waals surface area contributed by atoms with Gasteiger partial charge in [0.05, 0.1) is 0 Å². The molecule has 0 amide bonds. The van der Waals surface area contributed by atoms with E-state index >= 15 is 0 Å². The summed E-state index contributed by atoms with van der Waals surface area (Å²) in [6.07, 6.45) is 0. The Bertz CT molecular complexity index is 680. The second kappa shape index (κ2) is 4.35. The number of thiophene rings is 1. The molecule has 0 fully saturated rings. The first-order valence-electron chi connectivity index (χ1n) is 5.83. The SMILES string of the molecule is CCSc1ccc2c(c1)sc1cc(C)ccc12. The summed E-state index contributed by atoms with van der Waals surface area (Å²) in [5.41, 5.74) is 1.34. The quantitative estimate of drug-likeness (QED) is 0.549. The molecule has 3 rings (SSSR count). The van der Waals surface area contributed by atoms with Crippen LogP contribution in [0.25, 0.3) is 20.2 Å². The first-order valence-corrected chi connectivity index (χ1v) is 7.64. The molecule has 1 heterocycles. The number of thioether (sulfide) groups is 1. The molecule has 0 saturated carbocycles. The minimum Gasteiger partial charge on any atom is -0.135 e. The fourth-order valence-electron chi connectivity index (χ4n) is 2.12. The Kier molecular flexibility index (Phi) is 2.85. The lowest BCUT2D eigenvalue weighted by Crippen LogP contribution is -1.72. The Morgan fingerprint density at radius 1 is 1.00 bits per heavy atom. The molecule has 0 aliphatic heterocycles. The van der Waals surface area contributed by atoms with Crippen molar-refractivity contribution in [1.29, 1.82) is 0 Å². The maximum Gasteiger partial charge on any atom is 0.0366 e. The van der Waals surface area contributed by atoms with Crippen molar-refractivity contribution in [3.8, 4) is 0 Å². The van der Waals surface area contributed by atoms with Crippen LogP contribution in [0, 0.1) is 6.92 Å². The first-order chi connectivity index (χ1) is 8.28. The zero-order chi connectivity index (χ0) is 11.8. The van der Waals surface area contributed by atoms with Gasteiger partial charge in [-0.15, -0.1) is 23.1 Å². The van der Waals surface area contributed by atoms with Gasteiger partial charge in [0.15, 0.2) is 0 Å². The summed E-state index contributed by atoms with van der Waals surface area (Å²) < 4.78 is 2.81. The largest absolute Gasteiger partial charge is 0.135 e. The fraction of sp³-hybridized carbons (Fsp3) is 0.200. The van der Waals surface area contributed by atoms with E-state index in [0.29, 0.717) is 0 Å². The van der Waals surface area contributed by atoms with Crippen molar-refractivity contribution < 1.29 is 0 Å². The molecule has 0 bridgehead atoms. The zero-order valence-corrected chi connectivity index (χ0v) is 11.6. The van der Waals surface area contributed by atoms with Crippen LogP contribution >= 0.6 is 23.1 Å². The van der Waals surface area contributed by atoms with Gasteiger partial charge >= 0.3 is 0 Å². The molecular weight excluding hydrogens is 244 g/mol. The topological polar surface area (TPSA) is 0 Å². The zero-order valence-electron chi connectivity index (χ0n) is 9.99. The lowest BCUT2D eigenvalue weighted by molar-refractivity contribution is 1.46. The van der Waals surface area contributed by atoms with E-state index in [9.17, 15) is 0 Å².